The maximum absolute atomic E-state index is 12.0. The van der Waals surface area contributed by atoms with E-state index in [-0.39, 0.29) is 23.6 Å². The number of fused-ring (bicyclic) bond motifs is 1. The Bertz CT molecular complexity index is 1310. The van der Waals surface area contributed by atoms with E-state index in [9.17, 15) is 4.79 Å². The molecule has 0 unspecified atom stereocenters. The van der Waals surface area contributed by atoms with Crippen LogP contribution in [-0.2, 0) is 7.05 Å². The van der Waals surface area contributed by atoms with Crippen LogP contribution >= 0.6 is 0 Å². The topological polar surface area (TPSA) is 155 Å². The fraction of sp³-hybridized carbons (Fsp3) is 0.318. The zero-order chi connectivity index (χ0) is 22.9. The van der Waals surface area contributed by atoms with Gasteiger partial charge < -0.3 is 22.1 Å². The highest BCUT2D eigenvalue weighted by Crippen LogP contribution is 2.29. The molecule has 1 aliphatic carbocycles. The van der Waals surface area contributed by atoms with Gasteiger partial charge in [-0.05, 0) is 31.0 Å². The van der Waals surface area contributed by atoms with Crippen molar-refractivity contribution in [2.24, 2.45) is 18.5 Å². The Balaban J connectivity index is 1.49. The van der Waals surface area contributed by atoms with Crippen molar-refractivity contribution in [3.05, 3.63) is 48.4 Å². The highest BCUT2D eigenvalue weighted by atomic mass is 16.1. The third-order valence-corrected chi connectivity index (χ3v) is 5.99. The molecule has 5 rings (SSSR count). The average Bonchev–Trinajstić information content (AvgIpc) is 3.42. The van der Waals surface area contributed by atoms with E-state index in [4.69, 9.17) is 11.5 Å². The number of hydrogen-bond acceptors (Lipinski definition) is 8. The number of carbonyl (C=O) groups excluding carboxylic acids is 1. The number of aromatic nitrogens is 6. The molecule has 0 spiro atoms. The van der Waals surface area contributed by atoms with E-state index < -0.39 is 5.91 Å². The summed E-state index contributed by atoms with van der Waals surface area (Å²) < 4.78 is 3.74. The molecule has 0 radical (unpaired) electrons. The first-order valence-electron chi connectivity index (χ1n) is 10.9. The van der Waals surface area contributed by atoms with Gasteiger partial charge in [0.1, 0.15) is 0 Å². The summed E-state index contributed by atoms with van der Waals surface area (Å²) in [7, 11) is 1.88. The number of carbonyl (C=O) groups is 1. The van der Waals surface area contributed by atoms with Crippen LogP contribution in [0.25, 0.3) is 16.7 Å². The first-order chi connectivity index (χ1) is 16.0. The van der Waals surface area contributed by atoms with Crippen LogP contribution in [0.2, 0.25) is 0 Å². The third-order valence-electron chi connectivity index (χ3n) is 5.99. The van der Waals surface area contributed by atoms with Crippen molar-refractivity contribution in [3.63, 3.8) is 0 Å². The van der Waals surface area contributed by atoms with Crippen molar-refractivity contribution in [3.8, 4) is 5.82 Å². The molecule has 1 saturated carbocycles. The molecule has 1 fully saturated rings. The maximum Gasteiger partial charge on any atom is 0.273 e. The molecule has 3 heterocycles. The summed E-state index contributed by atoms with van der Waals surface area (Å²) in [5, 5.41) is 20.0. The minimum Gasteiger partial charge on any atom is -0.364 e. The summed E-state index contributed by atoms with van der Waals surface area (Å²) >= 11 is 0. The summed E-state index contributed by atoms with van der Waals surface area (Å²) in [5.74, 6) is 0.642. The molecule has 1 amide bonds. The quantitative estimate of drug-likeness (QED) is 0.351. The molecule has 1 aromatic carbocycles. The Morgan fingerprint density at radius 1 is 1.12 bits per heavy atom. The lowest BCUT2D eigenvalue weighted by atomic mass is 9.91. The van der Waals surface area contributed by atoms with Crippen molar-refractivity contribution < 1.29 is 4.79 Å². The second-order valence-electron chi connectivity index (χ2n) is 8.29. The third kappa shape index (κ3) is 4.10. The fourth-order valence-corrected chi connectivity index (χ4v) is 4.28. The van der Waals surface area contributed by atoms with Gasteiger partial charge in [-0.1, -0.05) is 18.9 Å². The lowest BCUT2D eigenvalue weighted by molar-refractivity contribution is 0.0995. The van der Waals surface area contributed by atoms with Crippen LogP contribution in [0.4, 0.5) is 17.5 Å². The minimum absolute atomic E-state index is 0.0229. The van der Waals surface area contributed by atoms with Crippen LogP contribution in [-0.4, -0.2) is 47.5 Å². The maximum atomic E-state index is 12.0. The van der Waals surface area contributed by atoms with E-state index in [0.717, 1.165) is 48.1 Å². The van der Waals surface area contributed by atoms with Gasteiger partial charge in [0.2, 0.25) is 5.95 Å². The van der Waals surface area contributed by atoms with Crippen molar-refractivity contribution >= 4 is 34.3 Å². The molecule has 3 aromatic heterocycles. The normalized spacial score (nSPS) is 18.4. The number of primary amides is 1. The van der Waals surface area contributed by atoms with Gasteiger partial charge in [-0.25, -0.2) is 0 Å². The molecule has 1 aliphatic rings. The number of nitrogens with two attached hydrogens (primary N) is 2. The summed E-state index contributed by atoms with van der Waals surface area (Å²) in [6, 6.07) is 9.82. The van der Waals surface area contributed by atoms with E-state index >= 15 is 0 Å². The van der Waals surface area contributed by atoms with Gasteiger partial charge >= 0.3 is 0 Å². The zero-order valence-corrected chi connectivity index (χ0v) is 18.3. The second kappa shape index (κ2) is 8.51. The average molecular weight is 447 g/mol. The molecule has 6 N–H and O–H groups in total. The number of benzene rings is 1. The predicted molar refractivity (Wildman–Crippen MR) is 126 cm³/mol. The van der Waals surface area contributed by atoms with E-state index in [0.29, 0.717) is 5.95 Å². The van der Waals surface area contributed by atoms with E-state index in [1.54, 1.807) is 4.68 Å². The first-order valence-corrected chi connectivity index (χ1v) is 10.9. The number of nitrogens with one attached hydrogen (secondary N) is 2. The lowest BCUT2D eigenvalue weighted by Crippen LogP contribution is -2.43. The van der Waals surface area contributed by atoms with Crippen LogP contribution in [0.15, 0.2) is 42.7 Å². The van der Waals surface area contributed by atoms with Crippen molar-refractivity contribution in [1.82, 2.24) is 29.5 Å². The van der Waals surface area contributed by atoms with Crippen LogP contribution in [0, 0.1) is 0 Å². The molecule has 33 heavy (non-hydrogen) atoms. The Kier molecular flexibility index (Phi) is 5.38. The monoisotopic (exact) mass is 446 g/mol. The molecular weight excluding hydrogens is 420 g/mol. The highest BCUT2D eigenvalue weighted by Gasteiger charge is 2.24. The van der Waals surface area contributed by atoms with Crippen molar-refractivity contribution in [1.29, 1.82) is 0 Å². The van der Waals surface area contributed by atoms with E-state index in [2.05, 4.69) is 30.9 Å². The van der Waals surface area contributed by atoms with Gasteiger partial charge in [0.25, 0.3) is 5.91 Å². The summed E-state index contributed by atoms with van der Waals surface area (Å²) in [5.41, 5.74) is 13.5. The van der Waals surface area contributed by atoms with Gasteiger partial charge in [-0.2, -0.15) is 10.1 Å². The molecule has 0 aliphatic heterocycles. The largest absolute Gasteiger partial charge is 0.364 e. The molecule has 11 heteroatoms. The van der Waals surface area contributed by atoms with Gasteiger partial charge in [0.05, 0.1) is 5.52 Å². The number of anilines is 3. The minimum atomic E-state index is -0.711. The van der Waals surface area contributed by atoms with Crippen molar-refractivity contribution in [2.75, 3.05) is 10.6 Å². The van der Waals surface area contributed by atoms with Crippen LogP contribution < -0.4 is 22.1 Å². The Morgan fingerprint density at radius 2 is 1.97 bits per heavy atom. The summed E-state index contributed by atoms with van der Waals surface area (Å²) in [6.45, 7) is 0. The van der Waals surface area contributed by atoms with Crippen LogP contribution in [0.1, 0.15) is 36.2 Å². The SMILES string of the molecule is Cn1ccc(-n2ccc3c(Nc4nc(N[C@@H]5CCCC[C@@H]5N)nnc4C(N)=O)cccc32)n1. The molecular formula is C22H26N10O. The lowest BCUT2D eigenvalue weighted by Gasteiger charge is -2.29. The van der Waals surface area contributed by atoms with Gasteiger partial charge in [0, 0.05) is 48.7 Å². The number of nitrogens with zero attached hydrogens (tertiary/aromatic N) is 6. The molecule has 4 aromatic rings. The first kappa shape index (κ1) is 20.9. The van der Waals surface area contributed by atoms with Gasteiger partial charge in [-0.15, -0.1) is 10.2 Å². The molecule has 0 saturated heterocycles. The Hall–Kier alpha value is -3.99. The Morgan fingerprint density at radius 3 is 2.73 bits per heavy atom. The number of amides is 1. The van der Waals surface area contributed by atoms with Crippen molar-refractivity contribution in [2.45, 2.75) is 37.8 Å². The van der Waals surface area contributed by atoms with Crippen LogP contribution in [0.5, 0.6) is 0 Å². The summed E-state index contributed by atoms with van der Waals surface area (Å²) in [4.78, 5) is 16.5. The zero-order valence-electron chi connectivity index (χ0n) is 18.3. The Labute approximate surface area is 190 Å². The fourth-order valence-electron chi connectivity index (χ4n) is 4.28. The van der Waals surface area contributed by atoms with Gasteiger partial charge in [-0.3, -0.25) is 14.0 Å². The standard InChI is InChI=1S/C22H26N10O/c1-31-11-10-18(30-31)32-12-9-13-15(7-4-8-17(13)32)25-21-19(20(24)33)28-29-22(27-21)26-16-6-3-2-5-14(16)23/h4,7-12,14,16H,2-3,5-6,23H2,1H3,(H2,24,33)(H2,25,26,27,29)/t14-,16+/m0/s1. The van der Waals surface area contributed by atoms with Crippen LogP contribution in [0.3, 0.4) is 0 Å². The number of aryl methyl sites for hydroxylation is 1. The molecule has 11 nitrogen and oxygen atoms in total. The predicted octanol–water partition coefficient (Wildman–Crippen LogP) is 2.07. The number of hydrogen-bond donors (Lipinski definition) is 4. The van der Waals surface area contributed by atoms with E-state index in [1.807, 2.05) is 54.3 Å². The molecule has 0 bridgehead atoms. The molecule has 2 atom stereocenters. The smallest absolute Gasteiger partial charge is 0.273 e. The summed E-state index contributed by atoms with van der Waals surface area (Å²) in [6.07, 6.45) is 7.94. The van der Waals surface area contributed by atoms with Gasteiger partial charge in [0.15, 0.2) is 17.3 Å². The highest BCUT2D eigenvalue weighted by molar-refractivity contribution is 5.99. The van der Waals surface area contributed by atoms with E-state index in [1.165, 1.54) is 0 Å². The number of rotatable bonds is 6. The second-order valence-corrected chi connectivity index (χ2v) is 8.29. The molecule has 170 valence electrons.